The van der Waals surface area contributed by atoms with Crippen LogP contribution >= 0.6 is 15.9 Å². The Hall–Kier alpha value is -3.85. The summed E-state index contributed by atoms with van der Waals surface area (Å²) in [6, 6.07) is 21.8. The fraction of sp³-hybridized carbons (Fsp3) is 0.0769. The summed E-state index contributed by atoms with van der Waals surface area (Å²) in [6.45, 7) is -0.227. The summed E-state index contributed by atoms with van der Waals surface area (Å²) < 4.78 is 44.9. The second kappa shape index (κ2) is 10.2. The van der Waals surface area contributed by atoms with Crippen molar-refractivity contribution in [2.24, 2.45) is 0 Å². The van der Waals surface area contributed by atoms with Crippen LogP contribution in [-0.4, -0.2) is 18.4 Å². The summed E-state index contributed by atoms with van der Waals surface area (Å²) in [5, 5.41) is 7.11. The highest BCUT2D eigenvalue weighted by Gasteiger charge is 2.30. The standard InChI is InChI=1S/C26H18BrF3N2O3/c27-24-21-7-2-1-4-16(21)10-13-22(24)35-15-23(33)31-19-11-8-17(9-12-19)25(34)32-20-6-3-5-18(14-20)26(28,29)30/h1-14H,15H2,(H,31,33)(H,32,34). The molecule has 4 aromatic carbocycles. The third-order valence-corrected chi connectivity index (χ3v) is 5.88. The van der Waals surface area contributed by atoms with E-state index in [1.165, 1.54) is 36.4 Å². The Labute approximate surface area is 207 Å². The zero-order chi connectivity index (χ0) is 25.0. The van der Waals surface area contributed by atoms with Gasteiger partial charge in [-0.05, 0) is 75.2 Å². The van der Waals surface area contributed by atoms with Crippen molar-refractivity contribution in [2.75, 3.05) is 17.2 Å². The van der Waals surface area contributed by atoms with E-state index in [-0.39, 0.29) is 17.9 Å². The number of benzene rings is 4. The van der Waals surface area contributed by atoms with Crippen LogP contribution in [0.2, 0.25) is 0 Å². The first-order chi connectivity index (χ1) is 16.7. The molecule has 0 aliphatic carbocycles. The molecule has 0 spiro atoms. The third-order valence-electron chi connectivity index (χ3n) is 5.07. The Morgan fingerprint density at radius 1 is 0.829 bits per heavy atom. The van der Waals surface area contributed by atoms with Gasteiger partial charge in [-0.15, -0.1) is 0 Å². The van der Waals surface area contributed by atoms with Gasteiger partial charge in [-0.3, -0.25) is 9.59 Å². The first-order valence-electron chi connectivity index (χ1n) is 10.4. The topological polar surface area (TPSA) is 67.4 Å². The smallest absolute Gasteiger partial charge is 0.416 e. The summed E-state index contributed by atoms with van der Waals surface area (Å²) >= 11 is 3.51. The van der Waals surface area contributed by atoms with Gasteiger partial charge in [-0.25, -0.2) is 0 Å². The van der Waals surface area contributed by atoms with Crippen LogP contribution in [0.25, 0.3) is 10.8 Å². The fourth-order valence-corrected chi connectivity index (χ4v) is 3.95. The van der Waals surface area contributed by atoms with Crippen molar-refractivity contribution in [3.8, 4) is 5.75 Å². The molecule has 35 heavy (non-hydrogen) atoms. The lowest BCUT2D eigenvalue weighted by Crippen LogP contribution is -2.20. The number of rotatable bonds is 6. The van der Waals surface area contributed by atoms with Gasteiger partial charge in [0.25, 0.3) is 11.8 Å². The van der Waals surface area contributed by atoms with Crippen LogP contribution in [0.5, 0.6) is 5.75 Å². The van der Waals surface area contributed by atoms with Crippen molar-refractivity contribution in [1.29, 1.82) is 0 Å². The van der Waals surface area contributed by atoms with E-state index in [0.717, 1.165) is 27.4 Å². The number of carbonyl (C=O) groups excluding carboxylic acids is 2. The minimum atomic E-state index is -4.51. The molecule has 4 rings (SSSR count). The summed E-state index contributed by atoms with van der Waals surface area (Å²) in [4.78, 5) is 24.7. The van der Waals surface area contributed by atoms with Gasteiger partial charge < -0.3 is 15.4 Å². The first-order valence-corrected chi connectivity index (χ1v) is 11.2. The Morgan fingerprint density at radius 2 is 1.57 bits per heavy atom. The highest BCUT2D eigenvalue weighted by Crippen LogP contribution is 2.33. The van der Waals surface area contributed by atoms with Gasteiger partial charge in [0.1, 0.15) is 5.75 Å². The van der Waals surface area contributed by atoms with Crippen LogP contribution in [-0.2, 0) is 11.0 Å². The minimum absolute atomic E-state index is 0.0270. The SMILES string of the molecule is O=C(COc1ccc2ccccc2c1Br)Nc1ccc(C(=O)Nc2cccc(C(F)(F)F)c2)cc1. The van der Waals surface area contributed by atoms with E-state index >= 15 is 0 Å². The van der Waals surface area contributed by atoms with E-state index in [1.807, 2.05) is 30.3 Å². The van der Waals surface area contributed by atoms with Crippen LogP contribution in [0.3, 0.4) is 0 Å². The molecular weight excluding hydrogens is 525 g/mol. The quantitative estimate of drug-likeness (QED) is 0.278. The molecule has 9 heteroatoms. The second-order valence-corrected chi connectivity index (χ2v) is 8.34. The Bertz CT molecular complexity index is 1390. The largest absolute Gasteiger partial charge is 0.483 e. The van der Waals surface area contributed by atoms with Crippen molar-refractivity contribution in [1.82, 2.24) is 0 Å². The van der Waals surface area contributed by atoms with Crippen molar-refractivity contribution in [3.63, 3.8) is 0 Å². The summed E-state index contributed by atoms with van der Waals surface area (Å²) in [7, 11) is 0. The van der Waals surface area contributed by atoms with Gasteiger partial charge in [0.15, 0.2) is 6.61 Å². The number of halogens is 4. The zero-order valence-corrected chi connectivity index (χ0v) is 19.6. The van der Waals surface area contributed by atoms with Gasteiger partial charge in [-0.1, -0.05) is 36.4 Å². The lowest BCUT2D eigenvalue weighted by Gasteiger charge is -2.11. The lowest BCUT2D eigenvalue weighted by atomic mass is 10.1. The predicted molar refractivity (Wildman–Crippen MR) is 132 cm³/mol. The number of ether oxygens (including phenoxy) is 1. The minimum Gasteiger partial charge on any atom is -0.483 e. The van der Waals surface area contributed by atoms with Crippen molar-refractivity contribution >= 4 is 49.9 Å². The summed E-state index contributed by atoms with van der Waals surface area (Å²) in [5.41, 5.74) is -0.172. The van der Waals surface area contributed by atoms with Gasteiger partial charge >= 0.3 is 6.18 Å². The van der Waals surface area contributed by atoms with Gasteiger partial charge in [0.05, 0.1) is 10.0 Å². The number of alkyl halides is 3. The van der Waals surface area contributed by atoms with E-state index in [2.05, 4.69) is 26.6 Å². The molecule has 178 valence electrons. The lowest BCUT2D eigenvalue weighted by molar-refractivity contribution is -0.137. The van der Waals surface area contributed by atoms with E-state index in [9.17, 15) is 22.8 Å². The normalized spacial score (nSPS) is 11.2. The van der Waals surface area contributed by atoms with Crippen molar-refractivity contribution in [2.45, 2.75) is 6.18 Å². The molecule has 0 atom stereocenters. The summed E-state index contributed by atoms with van der Waals surface area (Å²) in [5.74, 6) is -0.446. The number of hydrogen-bond donors (Lipinski definition) is 2. The molecule has 4 aromatic rings. The molecule has 2 amide bonds. The molecule has 0 aromatic heterocycles. The van der Waals surface area contributed by atoms with Gasteiger partial charge in [0.2, 0.25) is 0 Å². The number of amides is 2. The number of anilines is 2. The molecule has 0 saturated heterocycles. The second-order valence-electron chi connectivity index (χ2n) is 7.55. The average molecular weight is 543 g/mol. The van der Waals surface area contributed by atoms with E-state index < -0.39 is 23.6 Å². The third kappa shape index (κ3) is 5.99. The molecule has 5 nitrogen and oxygen atoms in total. The number of nitrogens with one attached hydrogen (secondary N) is 2. The predicted octanol–water partition coefficient (Wildman–Crippen LogP) is 6.89. The molecule has 0 bridgehead atoms. The van der Waals surface area contributed by atoms with Gasteiger partial charge in [0, 0.05) is 16.9 Å². The van der Waals surface area contributed by atoms with Crippen molar-refractivity contribution in [3.05, 3.63) is 101 Å². The summed E-state index contributed by atoms with van der Waals surface area (Å²) in [6.07, 6.45) is -4.51. The molecule has 0 aliphatic rings. The number of hydrogen-bond acceptors (Lipinski definition) is 3. The molecule has 0 radical (unpaired) electrons. The van der Waals surface area contributed by atoms with Gasteiger partial charge in [-0.2, -0.15) is 13.2 Å². The molecule has 0 saturated carbocycles. The highest BCUT2D eigenvalue weighted by atomic mass is 79.9. The monoisotopic (exact) mass is 542 g/mol. The molecule has 0 aliphatic heterocycles. The Balaban J connectivity index is 1.34. The molecule has 2 N–H and O–H groups in total. The average Bonchev–Trinajstić information content (AvgIpc) is 2.84. The zero-order valence-electron chi connectivity index (χ0n) is 18.0. The van der Waals surface area contributed by atoms with Crippen LogP contribution in [0.15, 0.2) is 89.4 Å². The maximum atomic E-state index is 12.9. The molecule has 0 fully saturated rings. The maximum absolute atomic E-state index is 12.9. The molecular formula is C26H18BrF3N2O3. The Morgan fingerprint density at radius 3 is 2.31 bits per heavy atom. The number of carbonyl (C=O) groups is 2. The van der Waals surface area contributed by atoms with Crippen LogP contribution in [0.1, 0.15) is 15.9 Å². The van der Waals surface area contributed by atoms with E-state index in [1.54, 1.807) is 6.07 Å². The van der Waals surface area contributed by atoms with E-state index in [4.69, 9.17) is 4.74 Å². The van der Waals surface area contributed by atoms with Crippen molar-refractivity contribution < 1.29 is 27.5 Å². The molecule has 0 unspecified atom stereocenters. The van der Waals surface area contributed by atoms with Crippen LogP contribution < -0.4 is 15.4 Å². The van der Waals surface area contributed by atoms with E-state index in [0.29, 0.717) is 11.4 Å². The Kier molecular flexibility index (Phi) is 7.07. The maximum Gasteiger partial charge on any atom is 0.416 e. The molecule has 0 heterocycles. The number of fused-ring (bicyclic) bond motifs is 1. The first kappa shape index (κ1) is 24.3. The highest BCUT2D eigenvalue weighted by molar-refractivity contribution is 9.10. The van der Waals surface area contributed by atoms with Crippen LogP contribution in [0, 0.1) is 0 Å². The van der Waals surface area contributed by atoms with Crippen LogP contribution in [0.4, 0.5) is 24.5 Å². The fourth-order valence-electron chi connectivity index (χ4n) is 3.35.